The summed E-state index contributed by atoms with van der Waals surface area (Å²) in [5, 5.41) is 6.04. The maximum atomic E-state index is 12.3. The smallest absolute Gasteiger partial charge is 0.270 e. The Morgan fingerprint density at radius 3 is 2.52 bits per heavy atom. The molecule has 5 heteroatoms. The number of nitrogens with one attached hydrogen (secondary N) is 2. The fourth-order valence-electron chi connectivity index (χ4n) is 2.42. The molecule has 25 heavy (non-hydrogen) atoms. The summed E-state index contributed by atoms with van der Waals surface area (Å²) in [5.41, 5.74) is 3.71. The minimum atomic E-state index is -0.214. The van der Waals surface area contributed by atoms with Crippen molar-refractivity contribution >= 4 is 11.9 Å². The standard InChI is InChI=1S/C20H20N4O/c1-15-7-5-6-10-17(15)14-22-19(25)18-11-12-21-20(24-18)23-13-16-8-3-2-4-9-16/h2-12H,13-14H2,1H3,(H,22,25)(H,21,23,24). The van der Waals surface area contributed by atoms with Crippen LogP contribution in [0.4, 0.5) is 5.95 Å². The van der Waals surface area contributed by atoms with E-state index in [1.54, 1.807) is 12.3 Å². The number of anilines is 1. The molecule has 0 atom stereocenters. The van der Waals surface area contributed by atoms with E-state index in [0.717, 1.165) is 16.7 Å². The van der Waals surface area contributed by atoms with E-state index in [0.29, 0.717) is 24.7 Å². The summed E-state index contributed by atoms with van der Waals surface area (Å²) in [4.78, 5) is 20.8. The van der Waals surface area contributed by atoms with Crippen LogP contribution in [0.2, 0.25) is 0 Å². The molecular weight excluding hydrogens is 312 g/mol. The number of amides is 1. The van der Waals surface area contributed by atoms with Crippen molar-refractivity contribution < 1.29 is 4.79 Å². The number of carbonyl (C=O) groups excluding carboxylic acids is 1. The minimum Gasteiger partial charge on any atom is -0.350 e. The molecule has 0 bridgehead atoms. The molecule has 0 spiro atoms. The number of carbonyl (C=O) groups is 1. The highest BCUT2D eigenvalue weighted by atomic mass is 16.1. The molecule has 2 N–H and O–H groups in total. The second kappa shape index (κ2) is 8.06. The van der Waals surface area contributed by atoms with E-state index in [2.05, 4.69) is 20.6 Å². The summed E-state index contributed by atoms with van der Waals surface area (Å²) < 4.78 is 0. The Morgan fingerprint density at radius 2 is 1.72 bits per heavy atom. The number of nitrogens with zero attached hydrogens (tertiary/aromatic N) is 2. The number of aryl methyl sites for hydroxylation is 1. The lowest BCUT2D eigenvalue weighted by molar-refractivity contribution is 0.0946. The molecule has 3 aromatic rings. The predicted molar refractivity (Wildman–Crippen MR) is 98.1 cm³/mol. The lowest BCUT2D eigenvalue weighted by atomic mass is 10.1. The van der Waals surface area contributed by atoms with Crippen molar-refractivity contribution in [1.82, 2.24) is 15.3 Å². The third kappa shape index (κ3) is 4.64. The van der Waals surface area contributed by atoms with Gasteiger partial charge in [-0.2, -0.15) is 0 Å². The third-order valence-electron chi connectivity index (χ3n) is 3.88. The average Bonchev–Trinajstić information content (AvgIpc) is 2.66. The number of aromatic nitrogens is 2. The molecule has 0 aliphatic heterocycles. The molecule has 0 saturated carbocycles. The molecule has 0 aliphatic rings. The highest BCUT2D eigenvalue weighted by molar-refractivity contribution is 5.92. The zero-order valence-electron chi connectivity index (χ0n) is 14.1. The molecule has 1 aromatic heterocycles. The molecular formula is C20H20N4O. The van der Waals surface area contributed by atoms with Crippen molar-refractivity contribution in [2.24, 2.45) is 0 Å². The Bertz CT molecular complexity index is 849. The highest BCUT2D eigenvalue weighted by Gasteiger charge is 2.09. The van der Waals surface area contributed by atoms with Crippen LogP contribution in [0.1, 0.15) is 27.2 Å². The van der Waals surface area contributed by atoms with E-state index in [4.69, 9.17) is 0 Å². The maximum absolute atomic E-state index is 12.3. The zero-order valence-corrected chi connectivity index (χ0v) is 14.1. The summed E-state index contributed by atoms with van der Waals surface area (Å²) in [6.07, 6.45) is 1.59. The molecule has 126 valence electrons. The lowest BCUT2D eigenvalue weighted by Gasteiger charge is -2.09. The molecule has 2 aromatic carbocycles. The first-order valence-electron chi connectivity index (χ1n) is 8.16. The Hall–Kier alpha value is -3.21. The van der Waals surface area contributed by atoms with E-state index in [1.165, 1.54) is 0 Å². The molecule has 0 fully saturated rings. The largest absolute Gasteiger partial charge is 0.350 e. The second-order valence-electron chi connectivity index (χ2n) is 5.71. The molecule has 1 heterocycles. The summed E-state index contributed by atoms with van der Waals surface area (Å²) >= 11 is 0. The Kier molecular flexibility index (Phi) is 5.36. The van der Waals surface area contributed by atoms with Gasteiger partial charge in [0.25, 0.3) is 5.91 Å². The predicted octanol–water partition coefficient (Wildman–Crippen LogP) is 3.33. The van der Waals surface area contributed by atoms with Crippen molar-refractivity contribution in [3.05, 3.63) is 89.2 Å². The van der Waals surface area contributed by atoms with Gasteiger partial charge in [0.2, 0.25) is 5.95 Å². The molecule has 1 amide bonds. The molecule has 3 rings (SSSR count). The van der Waals surface area contributed by atoms with Crippen molar-refractivity contribution in [3.8, 4) is 0 Å². The molecule has 0 unspecified atom stereocenters. The topological polar surface area (TPSA) is 66.9 Å². The Labute approximate surface area is 147 Å². The van der Waals surface area contributed by atoms with Crippen LogP contribution in [0.15, 0.2) is 66.9 Å². The molecule has 0 aliphatic carbocycles. The van der Waals surface area contributed by atoms with Crippen molar-refractivity contribution in [1.29, 1.82) is 0 Å². The van der Waals surface area contributed by atoms with Crippen LogP contribution in [0, 0.1) is 6.92 Å². The van der Waals surface area contributed by atoms with Gasteiger partial charge in [-0.05, 0) is 29.7 Å². The summed E-state index contributed by atoms with van der Waals surface area (Å²) in [7, 11) is 0. The van der Waals surface area contributed by atoms with E-state index in [-0.39, 0.29) is 5.91 Å². The first-order valence-corrected chi connectivity index (χ1v) is 8.16. The maximum Gasteiger partial charge on any atom is 0.270 e. The highest BCUT2D eigenvalue weighted by Crippen LogP contribution is 2.08. The van der Waals surface area contributed by atoms with Gasteiger partial charge in [0.1, 0.15) is 5.69 Å². The van der Waals surface area contributed by atoms with Crippen LogP contribution in [-0.2, 0) is 13.1 Å². The summed E-state index contributed by atoms with van der Waals surface area (Å²) in [6.45, 7) is 3.11. The normalized spacial score (nSPS) is 10.3. The van der Waals surface area contributed by atoms with E-state index >= 15 is 0 Å². The van der Waals surface area contributed by atoms with E-state index in [9.17, 15) is 4.79 Å². The summed E-state index contributed by atoms with van der Waals surface area (Å²) in [6, 6.07) is 19.6. The Balaban J connectivity index is 1.60. The van der Waals surface area contributed by atoms with Crippen LogP contribution in [0.25, 0.3) is 0 Å². The van der Waals surface area contributed by atoms with E-state index in [1.807, 2.05) is 61.5 Å². The second-order valence-corrected chi connectivity index (χ2v) is 5.71. The average molecular weight is 332 g/mol. The minimum absolute atomic E-state index is 0.214. The van der Waals surface area contributed by atoms with Crippen LogP contribution < -0.4 is 10.6 Å². The summed E-state index contributed by atoms with van der Waals surface area (Å²) in [5.74, 6) is 0.223. The number of hydrogen-bond donors (Lipinski definition) is 2. The third-order valence-corrected chi connectivity index (χ3v) is 3.88. The fourth-order valence-corrected chi connectivity index (χ4v) is 2.42. The lowest BCUT2D eigenvalue weighted by Crippen LogP contribution is -2.24. The van der Waals surface area contributed by atoms with Gasteiger partial charge in [-0.1, -0.05) is 54.6 Å². The monoisotopic (exact) mass is 332 g/mol. The number of rotatable bonds is 6. The van der Waals surface area contributed by atoms with Gasteiger partial charge in [-0.15, -0.1) is 0 Å². The van der Waals surface area contributed by atoms with Crippen molar-refractivity contribution in [2.75, 3.05) is 5.32 Å². The van der Waals surface area contributed by atoms with Gasteiger partial charge < -0.3 is 10.6 Å². The van der Waals surface area contributed by atoms with Crippen LogP contribution in [0.3, 0.4) is 0 Å². The first-order chi connectivity index (χ1) is 12.2. The first kappa shape index (κ1) is 16.6. The van der Waals surface area contributed by atoms with Gasteiger partial charge in [-0.3, -0.25) is 4.79 Å². The molecule has 0 saturated heterocycles. The van der Waals surface area contributed by atoms with Gasteiger partial charge in [-0.25, -0.2) is 9.97 Å². The van der Waals surface area contributed by atoms with E-state index < -0.39 is 0 Å². The molecule has 0 radical (unpaired) electrons. The number of hydrogen-bond acceptors (Lipinski definition) is 4. The van der Waals surface area contributed by atoms with Crippen molar-refractivity contribution in [2.45, 2.75) is 20.0 Å². The van der Waals surface area contributed by atoms with Gasteiger partial charge in [0.05, 0.1) is 0 Å². The quantitative estimate of drug-likeness (QED) is 0.726. The molecule has 5 nitrogen and oxygen atoms in total. The van der Waals surface area contributed by atoms with Gasteiger partial charge in [0.15, 0.2) is 0 Å². The SMILES string of the molecule is Cc1ccccc1CNC(=O)c1ccnc(NCc2ccccc2)n1. The van der Waals surface area contributed by atoms with Gasteiger partial charge in [0, 0.05) is 19.3 Å². The zero-order chi connectivity index (χ0) is 17.5. The van der Waals surface area contributed by atoms with Crippen molar-refractivity contribution in [3.63, 3.8) is 0 Å². The van der Waals surface area contributed by atoms with Gasteiger partial charge >= 0.3 is 0 Å². The number of benzene rings is 2. The van der Waals surface area contributed by atoms with Crippen LogP contribution >= 0.6 is 0 Å². The van der Waals surface area contributed by atoms with Crippen LogP contribution in [0.5, 0.6) is 0 Å². The van der Waals surface area contributed by atoms with Crippen LogP contribution in [-0.4, -0.2) is 15.9 Å². The fraction of sp³-hybridized carbons (Fsp3) is 0.150. The Morgan fingerprint density at radius 1 is 0.960 bits per heavy atom.